The summed E-state index contributed by atoms with van der Waals surface area (Å²) in [6, 6.07) is 6.07. The van der Waals surface area contributed by atoms with E-state index < -0.39 is 0 Å². The van der Waals surface area contributed by atoms with Crippen molar-refractivity contribution in [3.8, 4) is 5.75 Å². The molecular weight excluding hydrogens is 264 g/mol. The second kappa shape index (κ2) is 9.40. The monoisotopic (exact) mass is 292 g/mol. The molecule has 4 heteroatoms. The maximum atomic E-state index is 11.6. The molecule has 0 aliphatic heterocycles. The zero-order valence-electron chi connectivity index (χ0n) is 13.7. The average Bonchev–Trinajstić information content (AvgIpc) is 2.44. The van der Waals surface area contributed by atoms with Crippen LogP contribution < -0.4 is 15.4 Å². The van der Waals surface area contributed by atoms with E-state index in [-0.39, 0.29) is 12.5 Å². The lowest BCUT2D eigenvalue weighted by Crippen LogP contribution is -2.29. The molecule has 0 fully saturated rings. The number of carbonyl (C=O) groups is 1. The van der Waals surface area contributed by atoms with Gasteiger partial charge < -0.3 is 15.4 Å². The summed E-state index contributed by atoms with van der Waals surface area (Å²) >= 11 is 0. The standard InChI is InChI=1S/C17H28N2O2/c1-5-9-19-16(20)12-21-17-14(4)7-6-8-15(17)11-18-10-13(2)3/h6-8,13,18H,5,9-12H2,1-4H3,(H,19,20). The largest absolute Gasteiger partial charge is 0.483 e. The Bertz CT molecular complexity index is 444. The molecule has 1 rings (SSSR count). The van der Waals surface area contributed by atoms with Crippen LogP contribution in [0.3, 0.4) is 0 Å². The van der Waals surface area contributed by atoms with Crippen LogP contribution in [0.25, 0.3) is 0 Å². The average molecular weight is 292 g/mol. The highest BCUT2D eigenvalue weighted by Crippen LogP contribution is 2.23. The van der Waals surface area contributed by atoms with Crippen molar-refractivity contribution in [3.63, 3.8) is 0 Å². The molecule has 0 radical (unpaired) electrons. The van der Waals surface area contributed by atoms with Crippen molar-refractivity contribution in [1.82, 2.24) is 10.6 Å². The van der Waals surface area contributed by atoms with Gasteiger partial charge in [0.25, 0.3) is 5.91 Å². The first-order chi connectivity index (χ1) is 10.0. The molecule has 0 saturated heterocycles. The fraction of sp³-hybridized carbons (Fsp3) is 0.588. The van der Waals surface area contributed by atoms with Gasteiger partial charge in [-0.15, -0.1) is 0 Å². The fourth-order valence-electron chi connectivity index (χ4n) is 2.01. The highest BCUT2D eigenvalue weighted by Gasteiger charge is 2.09. The van der Waals surface area contributed by atoms with E-state index in [1.54, 1.807) is 0 Å². The minimum atomic E-state index is -0.0683. The summed E-state index contributed by atoms with van der Waals surface area (Å²) < 4.78 is 5.73. The number of nitrogens with one attached hydrogen (secondary N) is 2. The van der Waals surface area contributed by atoms with Crippen LogP contribution >= 0.6 is 0 Å². The van der Waals surface area contributed by atoms with Crippen LogP contribution in [0.4, 0.5) is 0 Å². The Morgan fingerprint density at radius 3 is 2.76 bits per heavy atom. The lowest BCUT2D eigenvalue weighted by molar-refractivity contribution is -0.123. The van der Waals surface area contributed by atoms with E-state index in [1.807, 2.05) is 32.0 Å². The molecule has 1 aromatic carbocycles. The Kier molecular flexibility index (Phi) is 7.83. The molecule has 0 aliphatic rings. The van der Waals surface area contributed by atoms with Crippen LogP contribution in [0.2, 0.25) is 0 Å². The van der Waals surface area contributed by atoms with E-state index >= 15 is 0 Å². The van der Waals surface area contributed by atoms with Crippen molar-refractivity contribution < 1.29 is 9.53 Å². The van der Waals surface area contributed by atoms with E-state index in [0.29, 0.717) is 12.5 Å². The predicted molar refractivity (Wildman–Crippen MR) is 86.5 cm³/mol. The van der Waals surface area contributed by atoms with Crippen molar-refractivity contribution >= 4 is 5.91 Å². The van der Waals surface area contributed by atoms with Gasteiger partial charge in [-0.2, -0.15) is 0 Å². The fourth-order valence-corrected chi connectivity index (χ4v) is 2.01. The maximum Gasteiger partial charge on any atom is 0.257 e. The van der Waals surface area contributed by atoms with Crippen LogP contribution in [0.1, 0.15) is 38.3 Å². The molecule has 0 aromatic heterocycles. The molecule has 1 amide bonds. The molecule has 1 aromatic rings. The first kappa shape index (κ1) is 17.5. The molecule has 118 valence electrons. The highest BCUT2D eigenvalue weighted by atomic mass is 16.5. The van der Waals surface area contributed by atoms with E-state index in [0.717, 1.165) is 36.4 Å². The maximum absolute atomic E-state index is 11.6. The van der Waals surface area contributed by atoms with E-state index in [1.165, 1.54) is 0 Å². The van der Waals surface area contributed by atoms with Crippen molar-refractivity contribution in [2.45, 2.75) is 40.7 Å². The third kappa shape index (κ3) is 6.63. The van der Waals surface area contributed by atoms with Crippen LogP contribution in [0, 0.1) is 12.8 Å². The zero-order chi connectivity index (χ0) is 15.7. The minimum Gasteiger partial charge on any atom is -0.483 e. The van der Waals surface area contributed by atoms with Crippen LogP contribution in [-0.4, -0.2) is 25.6 Å². The van der Waals surface area contributed by atoms with E-state index in [2.05, 4.69) is 24.5 Å². The third-order valence-electron chi connectivity index (χ3n) is 3.08. The molecule has 21 heavy (non-hydrogen) atoms. The number of rotatable bonds is 9. The van der Waals surface area contributed by atoms with Crippen LogP contribution in [0.15, 0.2) is 18.2 Å². The molecule has 0 atom stereocenters. The van der Waals surface area contributed by atoms with E-state index in [9.17, 15) is 4.79 Å². The van der Waals surface area contributed by atoms with E-state index in [4.69, 9.17) is 4.74 Å². The normalized spacial score (nSPS) is 10.7. The summed E-state index contributed by atoms with van der Waals surface area (Å²) in [7, 11) is 0. The Balaban J connectivity index is 2.60. The summed E-state index contributed by atoms with van der Waals surface area (Å²) in [6.45, 7) is 10.9. The number of hydrogen-bond donors (Lipinski definition) is 2. The van der Waals surface area contributed by atoms with Gasteiger partial charge in [0, 0.05) is 18.7 Å². The Morgan fingerprint density at radius 2 is 2.10 bits per heavy atom. The number of benzene rings is 1. The predicted octanol–water partition coefficient (Wildman–Crippen LogP) is 2.65. The Labute approximate surface area is 128 Å². The van der Waals surface area contributed by atoms with Crippen molar-refractivity contribution in [2.75, 3.05) is 19.7 Å². The van der Waals surface area contributed by atoms with Crippen molar-refractivity contribution in [2.24, 2.45) is 5.92 Å². The number of para-hydroxylation sites is 1. The van der Waals surface area contributed by atoms with Gasteiger partial charge in [0.15, 0.2) is 6.61 Å². The first-order valence-corrected chi connectivity index (χ1v) is 7.73. The Morgan fingerprint density at radius 1 is 1.33 bits per heavy atom. The number of hydrogen-bond acceptors (Lipinski definition) is 3. The lowest BCUT2D eigenvalue weighted by atomic mass is 10.1. The van der Waals surface area contributed by atoms with Crippen LogP contribution in [0.5, 0.6) is 5.75 Å². The quantitative estimate of drug-likeness (QED) is 0.735. The molecular formula is C17H28N2O2. The summed E-state index contributed by atoms with van der Waals surface area (Å²) in [4.78, 5) is 11.6. The van der Waals surface area contributed by atoms with Gasteiger partial charge >= 0.3 is 0 Å². The van der Waals surface area contributed by atoms with Crippen LogP contribution in [-0.2, 0) is 11.3 Å². The molecule has 2 N–H and O–H groups in total. The molecule has 0 heterocycles. The summed E-state index contributed by atoms with van der Waals surface area (Å²) in [5.74, 6) is 1.36. The SMILES string of the molecule is CCCNC(=O)COc1c(C)cccc1CNCC(C)C. The second-order valence-electron chi connectivity index (χ2n) is 5.73. The van der Waals surface area contributed by atoms with Gasteiger partial charge in [-0.3, -0.25) is 4.79 Å². The first-order valence-electron chi connectivity index (χ1n) is 7.73. The number of carbonyl (C=O) groups excluding carboxylic acids is 1. The van der Waals surface area contributed by atoms with Gasteiger partial charge in [-0.1, -0.05) is 39.0 Å². The topological polar surface area (TPSA) is 50.4 Å². The van der Waals surface area contributed by atoms with Gasteiger partial charge in [-0.25, -0.2) is 0 Å². The van der Waals surface area contributed by atoms with Gasteiger partial charge in [0.2, 0.25) is 0 Å². The molecule has 0 unspecified atom stereocenters. The zero-order valence-corrected chi connectivity index (χ0v) is 13.7. The van der Waals surface area contributed by atoms with Crippen molar-refractivity contribution in [3.05, 3.63) is 29.3 Å². The summed E-state index contributed by atoms with van der Waals surface area (Å²) in [5.41, 5.74) is 2.15. The molecule has 0 saturated carbocycles. The summed E-state index contributed by atoms with van der Waals surface area (Å²) in [5, 5.41) is 6.23. The molecule has 0 spiro atoms. The number of ether oxygens (including phenoxy) is 1. The minimum absolute atomic E-state index is 0.0683. The second-order valence-corrected chi connectivity index (χ2v) is 5.73. The van der Waals surface area contributed by atoms with Gasteiger partial charge in [0.1, 0.15) is 5.75 Å². The number of amides is 1. The smallest absolute Gasteiger partial charge is 0.257 e. The number of aryl methyl sites for hydroxylation is 1. The molecule has 0 bridgehead atoms. The van der Waals surface area contributed by atoms with Gasteiger partial charge in [0.05, 0.1) is 0 Å². The van der Waals surface area contributed by atoms with Gasteiger partial charge in [-0.05, 0) is 31.4 Å². The Hall–Kier alpha value is -1.55. The molecule has 4 nitrogen and oxygen atoms in total. The molecule has 0 aliphatic carbocycles. The lowest BCUT2D eigenvalue weighted by Gasteiger charge is -2.15. The van der Waals surface area contributed by atoms with Crippen molar-refractivity contribution in [1.29, 1.82) is 0 Å². The summed E-state index contributed by atoms with van der Waals surface area (Å²) in [6.07, 6.45) is 0.931. The third-order valence-corrected chi connectivity index (χ3v) is 3.08. The highest BCUT2D eigenvalue weighted by molar-refractivity contribution is 5.77.